The van der Waals surface area contributed by atoms with Gasteiger partial charge >= 0.3 is 5.97 Å². The summed E-state index contributed by atoms with van der Waals surface area (Å²) >= 11 is 3.34. The van der Waals surface area contributed by atoms with E-state index in [1.807, 2.05) is 24.3 Å². The average molecular weight is 341 g/mol. The van der Waals surface area contributed by atoms with Crippen molar-refractivity contribution in [1.29, 1.82) is 0 Å². The molecule has 0 aliphatic heterocycles. The number of rotatable bonds is 6. The van der Waals surface area contributed by atoms with E-state index in [4.69, 9.17) is 5.11 Å². The van der Waals surface area contributed by atoms with Gasteiger partial charge < -0.3 is 15.7 Å². The highest BCUT2D eigenvalue weighted by Crippen LogP contribution is 2.16. The third-order valence-electron chi connectivity index (χ3n) is 2.18. The van der Waals surface area contributed by atoms with Crippen molar-refractivity contribution < 1.29 is 19.5 Å². The lowest BCUT2D eigenvalue weighted by Gasteiger charge is -2.03. The topological polar surface area (TPSA) is 95.5 Å². The van der Waals surface area contributed by atoms with Crippen LogP contribution in [0.3, 0.4) is 0 Å². The molecule has 3 N–H and O–H groups in total. The largest absolute Gasteiger partial charge is 0.480 e. The predicted octanol–water partition coefficient (Wildman–Crippen LogP) is 0.779. The Bertz CT molecular complexity index is 543. The summed E-state index contributed by atoms with van der Waals surface area (Å²) in [5, 5.41) is 12.8. The van der Waals surface area contributed by atoms with Crippen LogP contribution >= 0.6 is 15.9 Å². The molecule has 0 saturated heterocycles. The summed E-state index contributed by atoms with van der Waals surface area (Å²) in [6.45, 7) is -0.742. The van der Waals surface area contributed by atoms with Gasteiger partial charge in [0.15, 0.2) is 0 Å². The summed E-state index contributed by atoms with van der Waals surface area (Å²) in [6.07, 6.45) is 2.90. The Labute approximate surface area is 124 Å². The van der Waals surface area contributed by atoms with Crippen LogP contribution in [-0.2, 0) is 14.4 Å². The summed E-state index contributed by atoms with van der Waals surface area (Å²) in [5.41, 5.74) is 0.831. The Kier molecular flexibility index (Phi) is 6.45. The number of carboxylic acids is 1. The SMILES string of the molecule is O=C(O)CNC(=O)CNC(=O)/C=C/c1ccccc1Br. The van der Waals surface area contributed by atoms with Crippen LogP contribution in [0.5, 0.6) is 0 Å². The molecule has 0 saturated carbocycles. The van der Waals surface area contributed by atoms with E-state index in [2.05, 4.69) is 26.6 Å². The van der Waals surface area contributed by atoms with E-state index in [0.29, 0.717) is 0 Å². The Morgan fingerprint density at radius 3 is 2.50 bits per heavy atom. The van der Waals surface area contributed by atoms with Crippen molar-refractivity contribution >= 4 is 39.8 Å². The Hall–Kier alpha value is -2.15. The number of nitrogens with one attached hydrogen (secondary N) is 2. The van der Waals surface area contributed by atoms with Crippen LogP contribution in [0, 0.1) is 0 Å². The minimum atomic E-state index is -1.14. The van der Waals surface area contributed by atoms with E-state index < -0.39 is 24.3 Å². The fraction of sp³-hybridized carbons (Fsp3) is 0.154. The van der Waals surface area contributed by atoms with Crippen molar-refractivity contribution in [3.63, 3.8) is 0 Å². The lowest BCUT2D eigenvalue weighted by Crippen LogP contribution is -2.38. The van der Waals surface area contributed by atoms with Crippen molar-refractivity contribution in [2.45, 2.75) is 0 Å². The molecule has 0 aliphatic carbocycles. The van der Waals surface area contributed by atoms with E-state index >= 15 is 0 Å². The Balaban J connectivity index is 2.39. The number of amides is 2. The smallest absolute Gasteiger partial charge is 0.322 e. The normalized spacial score (nSPS) is 10.2. The van der Waals surface area contributed by atoms with Gasteiger partial charge in [-0.15, -0.1) is 0 Å². The molecule has 0 unspecified atom stereocenters. The summed E-state index contributed by atoms with van der Waals surface area (Å²) in [6, 6.07) is 7.36. The molecule has 106 valence electrons. The molecule has 0 aliphatic rings. The monoisotopic (exact) mass is 340 g/mol. The van der Waals surface area contributed by atoms with Crippen LogP contribution in [0.25, 0.3) is 6.08 Å². The highest BCUT2D eigenvalue weighted by molar-refractivity contribution is 9.10. The summed E-state index contributed by atoms with van der Waals surface area (Å²) in [4.78, 5) is 32.8. The number of carboxylic acid groups (broad SMARTS) is 1. The molecule has 2 amide bonds. The molecule has 0 aromatic heterocycles. The van der Waals surface area contributed by atoms with Crippen molar-refractivity contribution in [3.8, 4) is 0 Å². The number of hydrogen-bond acceptors (Lipinski definition) is 3. The molecule has 0 spiro atoms. The van der Waals surface area contributed by atoms with Gasteiger partial charge in [-0.1, -0.05) is 34.1 Å². The molecular formula is C13H13BrN2O4. The van der Waals surface area contributed by atoms with Gasteiger partial charge in [0.05, 0.1) is 6.54 Å². The highest BCUT2D eigenvalue weighted by Gasteiger charge is 2.04. The van der Waals surface area contributed by atoms with Crippen LogP contribution in [0.4, 0.5) is 0 Å². The summed E-state index contributed by atoms with van der Waals surface area (Å²) < 4.78 is 0.850. The van der Waals surface area contributed by atoms with Crippen molar-refractivity contribution in [2.24, 2.45) is 0 Å². The van der Waals surface area contributed by atoms with Crippen molar-refractivity contribution in [2.75, 3.05) is 13.1 Å². The minimum absolute atomic E-state index is 0.271. The fourth-order valence-electron chi connectivity index (χ4n) is 1.24. The average Bonchev–Trinajstić information content (AvgIpc) is 2.42. The molecule has 7 heteroatoms. The first-order valence-electron chi connectivity index (χ1n) is 5.68. The highest BCUT2D eigenvalue weighted by atomic mass is 79.9. The maximum atomic E-state index is 11.5. The third kappa shape index (κ3) is 6.14. The van der Waals surface area contributed by atoms with Gasteiger partial charge in [-0.3, -0.25) is 14.4 Å². The van der Waals surface area contributed by atoms with Crippen molar-refractivity contribution in [1.82, 2.24) is 10.6 Å². The Morgan fingerprint density at radius 2 is 1.85 bits per heavy atom. The summed E-state index contributed by atoms with van der Waals surface area (Å²) in [7, 11) is 0. The minimum Gasteiger partial charge on any atom is -0.480 e. The van der Waals surface area contributed by atoms with E-state index in [1.165, 1.54) is 6.08 Å². The standard InChI is InChI=1S/C13H13BrN2O4/c14-10-4-2-1-3-9(10)5-6-11(17)15-7-12(18)16-8-13(19)20/h1-6H,7-8H2,(H,15,17)(H,16,18)(H,19,20)/b6-5+. The second-order valence-electron chi connectivity index (χ2n) is 3.74. The molecule has 0 heterocycles. The zero-order valence-electron chi connectivity index (χ0n) is 10.4. The number of benzene rings is 1. The first-order chi connectivity index (χ1) is 9.49. The van der Waals surface area contributed by atoms with Crippen LogP contribution in [0.1, 0.15) is 5.56 Å². The zero-order valence-corrected chi connectivity index (χ0v) is 12.0. The number of halogens is 1. The van der Waals surface area contributed by atoms with Gasteiger partial charge in [0, 0.05) is 10.5 Å². The van der Waals surface area contributed by atoms with Crippen molar-refractivity contribution in [3.05, 3.63) is 40.4 Å². The number of aliphatic carboxylic acids is 1. The van der Waals surface area contributed by atoms with Gasteiger partial charge in [0.2, 0.25) is 11.8 Å². The maximum Gasteiger partial charge on any atom is 0.322 e. The lowest BCUT2D eigenvalue weighted by atomic mass is 10.2. The number of carbonyl (C=O) groups is 3. The second kappa shape index (κ2) is 8.11. The van der Waals surface area contributed by atoms with E-state index in [9.17, 15) is 14.4 Å². The predicted molar refractivity (Wildman–Crippen MR) is 76.8 cm³/mol. The zero-order chi connectivity index (χ0) is 15.0. The molecular weight excluding hydrogens is 328 g/mol. The molecule has 20 heavy (non-hydrogen) atoms. The quantitative estimate of drug-likeness (QED) is 0.667. The molecule has 1 aromatic carbocycles. The fourth-order valence-corrected chi connectivity index (χ4v) is 1.66. The number of carbonyl (C=O) groups excluding carboxylic acids is 2. The van der Waals surface area contributed by atoms with Crippen LogP contribution < -0.4 is 10.6 Å². The first-order valence-corrected chi connectivity index (χ1v) is 6.47. The van der Waals surface area contributed by atoms with Gasteiger partial charge in [-0.05, 0) is 17.7 Å². The molecule has 1 aromatic rings. The van der Waals surface area contributed by atoms with E-state index in [-0.39, 0.29) is 6.54 Å². The second-order valence-corrected chi connectivity index (χ2v) is 4.60. The first kappa shape index (κ1) is 15.9. The lowest BCUT2D eigenvalue weighted by molar-refractivity contribution is -0.137. The molecule has 0 bridgehead atoms. The summed E-state index contributed by atoms with van der Waals surface area (Å²) in [5.74, 6) is -2.14. The van der Waals surface area contributed by atoms with Crippen LogP contribution in [0.2, 0.25) is 0 Å². The molecule has 0 radical (unpaired) electrons. The van der Waals surface area contributed by atoms with Gasteiger partial charge in [-0.2, -0.15) is 0 Å². The molecule has 6 nitrogen and oxygen atoms in total. The Morgan fingerprint density at radius 1 is 1.15 bits per heavy atom. The van der Waals surface area contributed by atoms with E-state index in [1.54, 1.807) is 6.08 Å². The molecule has 0 atom stereocenters. The van der Waals surface area contributed by atoms with Crippen LogP contribution in [0.15, 0.2) is 34.8 Å². The molecule has 1 rings (SSSR count). The van der Waals surface area contributed by atoms with E-state index in [0.717, 1.165) is 10.0 Å². The van der Waals surface area contributed by atoms with Crippen LogP contribution in [-0.4, -0.2) is 36.0 Å². The third-order valence-corrected chi connectivity index (χ3v) is 2.90. The van der Waals surface area contributed by atoms with Gasteiger partial charge in [0.25, 0.3) is 0 Å². The maximum absolute atomic E-state index is 11.5. The molecule has 0 fully saturated rings. The number of hydrogen-bond donors (Lipinski definition) is 3. The van der Waals surface area contributed by atoms with Gasteiger partial charge in [0.1, 0.15) is 6.54 Å². The van der Waals surface area contributed by atoms with Gasteiger partial charge in [-0.25, -0.2) is 0 Å².